The van der Waals surface area contributed by atoms with Crippen LogP contribution in [0.2, 0.25) is 0 Å². The smallest absolute Gasteiger partial charge is 0.248 e. The van der Waals surface area contributed by atoms with Gasteiger partial charge in [-0.3, -0.25) is 0 Å². The quantitative estimate of drug-likeness (QED) is 0.702. The monoisotopic (exact) mass is 282 g/mol. The Hall–Kier alpha value is -0.220. The minimum absolute atomic E-state index is 0.00692. The summed E-state index contributed by atoms with van der Waals surface area (Å²) < 4.78 is 36.5. The molecule has 1 rings (SSSR count). The van der Waals surface area contributed by atoms with E-state index in [1.54, 1.807) is 0 Å². The molecule has 118 valence electrons. The Kier molecular flexibility index (Phi) is 14.2. The summed E-state index contributed by atoms with van der Waals surface area (Å²) >= 11 is 0. The minimum atomic E-state index is -2.47. The van der Waals surface area contributed by atoms with Crippen molar-refractivity contribution in [3.8, 4) is 0 Å². The standard InChI is InChI=1S/C11H20F2O2.2C2H6/c1-3-14-9(2)8-15-10-4-6-11(12,13)7-5-10;2*1-2/h9-10H,3-8H2,1-2H3;2*1-2H3. The van der Waals surface area contributed by atoms with Crippen LogP contribution >= 0.6 is 0 Å². The fourth-order valence-electron chi connectivity index (χ4n) is 1.78. The number of alkyl halides is 2. The molecule has 0 heterocycles. The van der Waals surface area contributed by atoms with Crippen LogP contribution in [-0.4, -0.2) is 31.3 Å². The molecule has 1 fully saturated rings. The average molecular weight is 282 g/mol. The van der Waals surface area contributed by atoms with Gasteiger partial charge >= 0.3 is 0 Å². The molecule has 0 radical (unpaired) electrons. The third-order valence-electron chi connectivity index (χ3n) is 2.68. The molecule has 1 aliphatic rings. The fraction of sp³-hybridized carbons (Fsp3) is 1.00. The van der Waals surface area contributed by atoms with Crippen molar-refractivity contribution in [2.75, 3.05) is 13.2 Å². The highest BCUT2D eigenvalue weighted by atomic mass is 19.3. The Morgan fingerprint density at radius 2 is 1.58 bits per heavy atom. The number of hydrogen-bond acceptors (Lipinski definition) is 2. The first-order chi connectivity index (χ1) is 9.03. The van der Waals surface area contributed by atoms with Gasteiger partial charge in [-0.05, 0) is 26.7 Å². The molecule has 1 atom stereocenters. The Labute approximate surface area is 117 Å². The third-order valence-corrected chi connectivity index (χ3v) is 2.68. The summed E-state index contributed by atoms with van der Waals surface area (Å²) in [4.78, 5) is 0. The second-order valence-electron chi connectivity index (χ2n) is 4.15. The van der Waals surface area contributed by atoms with Crippen LogP contribution in [0.1, 0.15) is 67.2 Å². The molecule has 19 heavy (non-hydrogen) atoms. The lowest BCUT2D eigenvalue weighted by Crippen LogP contribution is -2.31. The Balaban J connectivity index is 0. The Morgan fingerprint density at radius 1 is 1.11 bits per heavy atom. The molecule has 0 aliphatic heterocycles. The van der Waals surface area contributed by atoms with E-state index in [2.05, 4.69) is 0 Å². The van der Waals surface area contributed by atoms with Gasteiger partial charge in [0.15, 0.2) is 0 Å². The minimum Gasteiger partial charge on any atom is -0.376 e. The second-order valence-corrected chi connectivity index (χ2v) is 4.15. The van der Waals surface area contributed by atoms with E-state index in [1.807, 2.05) is 41.5 Å². The topological polar surface area (TPSA) is 18.5 Å². The van der Waals surface area contributed by atoms with Crippen LogP contribution in [0, 0.1) is 0 Å². The number of hydrogen-bond donors (Lipinski definition) is 0. The molecule has 0 bridgehead atoms. The van der Waals surface area contributed by atoms with Crippen LogP contribution in [-0.2, 0) is 9.47 Å². The van der Waals surface area contributed by atoms with Crippen LogP contribution in [0.3, 0.4) is 0 Å². The van der Waals surface area contributed by atoms with E-state index in [4.69, 9.17) is 9.47 Å². The van der Waals surface area contributed by atoms with Gasteiger partial charge in [0, 0.05) is 19.4 Å². The van der Waals surface area contributed by atoms with Gasteiger partial charge in [-0.15, -0.1) is 0 Å². The van der Waals surface area contributed by atoms with Crippen LogP contribution < -0.4 is 0 Å². The zero-order valence-corrected chi connectivity index (χ0v) is 13.5. The molecule has 0 aromatic rings. The van der Waals surface area contributed by atoms with E-state index >= 15 is 0 Å². The first-order valence-corrected chi connectivity index (χ1v) is 7.64. The van der Waals surface area contributed by atoms with Crippen molar-refractivity contribution < 1.29 is 18.3 Å². The molecule has 1 aliphatic carbocycles. The maximum Gasteiger partial charge on any atom is 0.248 e. The Morgan fingerprint density at radius 3 is 2.00 bits per heavy atom. The summed E-state index contributed by atoms with van der Waals surface area (Å²) in [5.41, 5.74) is 0. The summed E-state index contributed by atoms with van der Waals surface area (Å²) in [6, 6.07) is 0. The van der Waals surface area contributed by atoms with E-state index in [0.29, 0.717) is 26.1 Å². The van der Waals surface area contributed by atoms with E-state index in [-0.39, 0.29) is 25.0 Å². The zero-order chi connectivity index (χ0) is 15.3. The summed E-state index contributed by atoms with van der Waals surface area (Å²) in [7, 11) is 0. The van der Waals surface area contributed by atoms with Gasteiger partial charge in [-0.25, -0.2) is 8.78 Å². The summed E-state index contributed by atoms with van der Waals surface area (Å²) in [5.74, 6) is -2.47. The van der Waals surface area contributed by atoms with Crippen LogP contribution in [0.4, 0.5) is 8.78 Å². The molecule has 2 nitrogen and oxygen atoms in total. The first kappa shape index (κ1) is 21.1. The van der Waals surface area contributed by atoms with Crippen molar-refractivity contribution in [3.63, 3.8) is 0 Å². The predicted octanol–water partition coefficient (Wildman–Crippen LogP) is 5.06. The molecule has 0 N–H and O–H groups in total. The molecule has 0 amide bonds. The van der Waals surface area contributed by atoms with Gasteiger partial charge < -0.3 is 9.47 Å². The van der Waals surface area contributed by atoms with Crippen molar-refractivity contribution in [1.29, 1.82) is 0 Å². The summed E-state index contributed by atoms with van der Waals surface area (Å²) in [6.07, 6.45) is 0.893. The highest BCUT2D eigenvalue weighted by Crippen LogP contribution is 2.34. The van der Waals surface area contributed by atoms with Crippen LogP contribution in [0.25, 0.3) is 0 Å². The SMILES string of the molecule is CC.CC.CCOC(C)COC1CCC(F)(F)CC1. The van der Waals surface area contributed by atoms with Crippen molar-refractivity contribution in [2.24, 2.45) is 0 Å². The molecule has 4 heteroatoms. The zero-order valence-electron chi connectivity index (χ0n) is 13.5. The number of rotatable bonds is 5. The van der Waals surface area contributed by atoms with Crippen molar-refractivity contribution in [2.45, 2.75) is 85.4 Å². The number of halogens is 2. The maximum absolute atomic E-state index is 12.8. The second kappa shape index (κ2) is 12.8. The van der Waals surface area contributed by atoms with Crippen molar-refractivity contribution in [3.05, 3.63) is 0 Å². The average Bonchev–Trinajstić information content (AvgIpc) is 2.42. The highest BCUT2D eigenvalue weighted by Gasteiger charge is 2.35. The molecule has 0 aromatic carbocycles. The van der Waals surface area contributed by atoms with Gasteiger partial charge in [-0.2, -0.15) is 0 Å². The lowest BCUT2D eigenvalue weighted by Gasteiger charge is -2.29. The molecular formula is C15H32F2O2. The van der Waals surface area contributed by atoms with Gasteiger partial charge in [0.05, 0.1) is 18.8 Å². The van der Waals surface area contributed by atoms with Gasteiger partial charge in [0.2, 0.25) is 5.92 Å². The molecule has 1 unspecified atom stereocenters. The van der Waals surface area contributed by atoms with Crippen LogP contribution in [0.5, 0.6) is 0 Å². The van der Waals surface area contributed by atoms with Gasteiger partial charge in [0.25, 0.3) is 0 Å². The third kappa shape index (κ3) is 11.3. The van der Waals surface area contributed by atoms with Gasteiger partial charge in [-0.1, -0.05) is 27.7 Å². The fourth-order valence-corrected chi connectivity index (χ4v) is 1.78. The van der Waals surface area contributed by atoms with E-state index in [1.165, 1.54) is 0 Å². The van der Waals surface area contributed by atoms with Crippen molar-refractivity contribution in [1.82, 2.24) is 0 Å². The van der Waals surface area contributed by atoms with Crippen LogP contribution in [0.15, 0.2) is 0 Å². The van der Waals surface area contributed by atoms with Crippen molar-refractivity contribution >= 4 is 0 Å². The lowest BCUT2D eigenvalue weighted by atomic mass is 9.94. The first-order valence-electron chi connectivity index (χ1n) is 7.64. The lowest BCUT2D eigenvalue weighted by molar-refractivity contribution is -0.0961. The van der Waals surface area contributed by atoms with E-state index in [0.717, 1.165) is 0 Å². The van der Waals surface area contributed by atoms with E-state index in [9.17, 15) is 8.78 Å². The molecule has 1 saturated carbocycles. The molecule has 0 spiro atoms. The largest absolute Gasteiger partial charge is 0.376 e. The summed E-state index contributed by atoms with van der Waals surface area (Å²) in [5, 5.41) is 0. The molecular weight excluding hydrogens is 250 g/mol. The highest BCUT2D eigenvalue weighted by molar-refractivity contribution is 4.77. The van der Waals surface area contributed by atoms with E-state index < -0.39 is 5.92 Å². The van der Waals surface area contributed by atoms with Gasteiger partial charge in [0.1, 0.15) is 0 Å². The number of ether oxygens (including phenoxy) is 2. The summed E-state index contributed by atoms with van der Waals surface area (Å²) in [6.45, 7) is 13.0. The predicted molar refractivity (Wildman–Crippen MR) is 76.9 cm³/mol. The molecule has 0 saturated heterocycles. The normalized spacial score (nSPS) is 19.6. The maximum atomic E-state index is 12.8. The Bertz CT molecular complexity index is 177. The molecule has 0 aromatic heterocycles.